The molecule has 0 aromatic heterocycles. The summed E-state index contributed by atoms with van der Waals surface area (Å²) in [6.45, 7) is 3.89. The van der Waals surface area contributed by atoms with Gasteiger partial charge in [0.25, 0.3) is 0 Å². The molecule has 0 aliphatic heterocycles. The van der Waals surface area contributed by atoms with Crippen LogP contribution in [0.3, 0.4) is 0 Å². The van der Waals surface area contributed by atoms with Crippen LogP contribution in [0.25, 0.3) is 0 Å². The van der Waals surface area contributed by atoms with Gasteiger partial charge >= 0.3 is 19.5 Å². The molecule has 5 heteroatoms. The average molecular weight is 305 g/mol. The molecule has 4 nitrogen and oxygen atoms in total. The van der Waals surface area contributed by atoms with Gasteiger partial charge in [0.2, 0.25) is 0 Å². The largest absolute Gasteiger partial charge is 2.00 e. The molecule has 0 aromatic carbocycles. The van der Waals surface area contributed by atoms with Crippen LogP contribution in [-0.4, -0.2) is 11.9 Å². The van der Waals surface area contributed by atoms with Crippen LogP contribution < -0.4 is 10.2 Å². The van der Waals surface area contributed by atoms with Crippen LogP contribution in [0.2, 0.25) is 0 Å². The summed E-state index contributed by atoms with van der Waals surface area (Å²) in [5, 5.41) is 19.3. The smallest absolute Gasteiger partial charge is 0.550 e. The molecule has 0 heterocycles. The SMILES string of the molecule is CCCCC(=O)[O-].CCCCC(=O)[O-].[Rh+2]. The van der Waals surface area contributed by atoms with Crippen LogP contribution in [0.15, 0.2) is 0 Å². The Morgan fingerprint density at radius 3 is 1.20 bits per heavy atom. The fraction of sp³-hybridized carbons (Fsp3) is 0.800. The zero-order chi connectivity index (χ0) is 11.4. The van der Waals surface area contributed by atoms with Crippen molar-refractivity contribution in [3.63, 3.8) is 0 Å². The van der Waals surface area contributed by atoms with E-state index in [-0.39, 0.29) is 32.3 Å². The van der Waals surface area contributed by atoms with Gasteiger partial charge in [-0.1, -0.05) is 26.7 Å². The van der Waals surface area contributed by atoms with Crippen LogP contribution in [0, 0.1) is 0 Å². The predicted octanol–water partition coefficient (Wildman–Crippen LogP) is -0.149. The topological polar surface area (TPSA) is 80.3 Å². The van der Waals surface area contributed by atoms with E-state index < -0.39 is 11.9 Å². The predicted molar refractivity (Wildman–Crippen MR) is 49.1 cm³/mol. The van der Waals surface area contributed by atoms with Crippen molar-refractivity contribution >= 4 is 11.9 Å². The first-order valence-corrected chi connectivity index (χ1v) is 4.94. The van der Waals surface area contributed by atoms with Gasteiger partial charge in [0, 0.05) is 11.9 Å². The molecule has 91 valence electrons. The number of hydrogen-bond donors (Lipinski definition) is 0. The van der Waals surface area contributed by atoms with Crippen molar-refractivity contribution in [2.45, 2.75) is 52.4 Å². The number of carboxylic acids is 2. The van der Waals surface area contributed by atoms with E-state index in [1.807, 2.05) is 13.8 Å². The summed E-state index contributed by atoms with van der Waals surface area (Å²) >= 11 is 0. The Morgan fingerprint density at radius 2 is 1.13 bits per heavy atom. The molecule has 0 rings (SSSR count). The molecule has 0 fully saturated rings. The monoisotopic (exact) mass is 305 g/mol. The van der Waals surface area contributed by atoms with Gasteiger partial charge in [-0.25, -0.2) is 0 Å². The Balaban J connectivity index is -0.000000180. The average Bonchev–Trinajstić information content (AvgIpc) is 2.12. The maximum Gasteiger partial charge on any atom is 2.00 e. The molecule has 0 unspecified atom stereocenters. The van der Waals surface area contributed by atoms with Crippen molar-refractivity contribution in [2.24, 2.45) is 0 Å². The third-order valence-electron chi connectivity index (χ3n) is 1.47. The summed E-state index contributed by atoms with van der Waals surface area (Å²) in [6, 6.07) is 0. The fourth-order valence-corrected chi connectivity index (χ4v) is 0.642. The van der Waals surface area contributed by atoms with E-state index in [1.165, 1.54) is 0 Å². The second kappa shape index (κ2) is 16.0. The van der Waals surface area contributed by atoms with Crippen molar-refractivity contribution in [3.8, 4) is 0 Å². The molecular weight excluding hydrogens is 287 g/mol. The van der Waals surface area contributed by atoms with Crippen LogP contribution >= 0.6 is 0 Å². The van der Waals surface area contributed by atoms with Gasteiger partial charge in [0.05, 0.1) is 0 Å². The normalized spacial score (nSPS) is 8.13. The number of unbranched alkanes of at least 4 members (excludes halogenated alkanes) is 2. The van der Waals surface area contributed by atoms with E-state index in [9.17, 15) is 19.8 Å². The van der Waals surface area contributed by atoms with Crippen molar-refractivity contribution < 1.29 is 39.3 Å². The summed E-state index contributed by atoms with van der Waals surface area (Å²) in [5.74, 6) is -1.89. The summed E-state index contributed by atoms with van der Waals surface area (Å²) in [4.78, 5) is 19.3. The van der Waals surface area contributed by atoms with Crippen LogP contribution in [0.5, 0.6) is 0 Å². The summed E-state index contributed by atoms with van der Waals surface area (Å²) in [5.41, 5.74) is 0. The molecule has 0 aromatic rings. The number of carbonyl (C=O) groups excluding carboxylic acids is 2. The Kier molecular flexibility index (Phi) is 21.4. The maximum absolute atomic E-state index is 9.65. The van der Waals surface area contributed by atoms with E-state index in [2.05, 4.69) is 0 Å². The molecule has 0 N–H and O–H groups in total. The Hall–Kier alpha value is -0.437. The zero-order valence-electron chi connectivity index (χ0n) is 9.21. The van der Waals surface area contributed by atoms with Gasteiger partial charge in [-0.15, -0.1) is 0 Å². The van der Waals surface area contributed by atoms with Gasteiger partial charge < -0.3 is 19.8 Å². The molecule has 0 spiro atoms. The molecule has 1 radical (unpaired) electrons. The van der Waals surface area contributed by atoms with Crippen molar-refractivity contribution in [1.82, 2.24) is 0 Å². The first-order chi connectivity index (χ1) is 6.54. The standard InChI is InChI=1S/2C5H10O2.Rh/c2*1-2-3-4-5(6)7;/h2*2-4H2,1H3,(H,6,7);/q;;+2/p-2. The Bertz CT molecular complexity index is 142. The van der Waals surface area contributed by atoms with Crippen molar-refractivity contribution in [1.29, 1.82) is 0 Å². The number of aliphatic carboxylic acids is 2. The second-order valence-electron chi connectivity index (χ2n) is 2.95. The molecule has 0 amide bonds. The second-order valence-corrected chi connectivity index (χ2v) is 2.95. The molecule has 15 heavy (non-hydrogen) atoms. The Labute approximate surface area is 104 Å². The first kappa shape index (κ1) is 20.0. The Morgan fingerprint density at radius 1 is 0.867 bits per heavy atom. The molecule has 0 aliphatic rings. The number of hydrogen-bond acceptors (Lipinski definition) is 4. The van der Waals surface area contributed by atoms with Crippen molar-refractivity contribution in [2.75, 3.05) is 0 Å². The first-order valence-electron chi connectivity index (χ1n) is 4.94. The van der Waals surface area contributed by atoms with Gasteiger partial charge in [-0.05, 0) is 25.7 Å². The molecular formula is C10H18O4Rh. The third-order valence-corrected chi connectivity index (χ3v) is 1.47. The van der Waals surface area contributed by atoms with E-state index >= 15 is 0 Å². The molecule has 0 saturated heterocycles. The minimum absolute atomic E-state index is 0. The van der Waals surface area contributed by atoms with Crippen LogP contribution in [-0.2, 0) is 29.1 Å². The van der Waals surface area contributed by atoms with Gasteiger partial charge in [-0.3, -0.25) is 0 Å². The number of carboxylic acid groups (broad SMARTS) is 2. The third kappa shape index (κ3) is 31.7. The molecule has 0 aliphatic carbocycles. The van der Waals surface area contributed by atoms with Gasteiger partial charge in [0.15, 0.2) is 0 Å². The summed E-state index contributed by atoms with van der Waals surface area (Å²) < 4.78 is 0. The van der Waals surface area contributed by atoms with E-state index in [0.29, 0.717) is 0 Å². The van der Waals surface area contributed by atoms with Crippen LogP contribution in [0.4, 0.5) is 0 Å². The quantitative estimate of drug-likeness (QED) is 0.639. The molecule has 0 atom stereocenters. The minimum Gasteiger partial charge on any atom is -0.550 e. The van der Waals surface area contributed by atoms with Gasteiger partial charge in [-0.2, -0.15) is 0 Å². The summed E-state index contributed by atoms with van der Waals surface area (Å²) in [6.07, 6.45) is 3.74. The van der Waals surface area contributed by atoms with E-state index in [4.69, 9.17) is 0 Å². The number of carbonyl (C=O) groups is 2. The van der Waals surface area contributed by atoms with Crippen LogP contribution in [0.1, 0.15) is 52.4 Å². The maximum atomic E-state index is 9.65. The van der Waals surface area contributed by atoms with E-state index in [0.717, 1.165) is 25.7 Å². The number of rotatable bonds is 6. The van der Waals surface area contributed by atoms with Gasteiger partial charge in [0.1, 0.15) is 0 Å². The summed E-state index contributed by atoms with van der Waals surface area (Å²) in [7, 11) is 0. The van der Waals surface area contributed by atoms with E-state index in [1.54, 1.807) is 0 Å². The van der Waals surface area contributed by atoms with Crippen molar-refractivity contribution in [3.05, 3.63) is 0 Å². The molecule has 0 bridgehead atoms. The minimum atomic E-state index is -0.943. The molecule has 0 saturated carbocycles. The fourth-order valence-electron chi connectivity index (χ4n) is 0.642. The zero-order valence-corrected chi connectivity index (χ0v) is 10.8.